The number of nitrogens with one attached hydrogen (secondary N) is 2. The van der Waals surface area contributed by atoms with Crippen molar-refractivity contribution in [2.24, 2.45) is 0 Å². The van der Waals surface area contributed by atoms with Gasteiger partial charge in [0, 0.05) is 29.1 Å². The predicted octanol–water partition coefficient (Wildman–Crippen LogP) is 4.48. The topological polar surface area (TPSA) is 66.9 Å². The molecule has 2 aromatic rings. The van der Waals surface area contributed by atoms with Crippen LogP contribution in [0.1, 0.15) is 55.1 Å². The Morgan fingerprint density at radius 3 is 2.67 bits per heavy atom. The summed E-state index contributed by atoms with van der Waals surface area (Å²) in [7, 11) is 0. The van der Waals surface area contributed by atoms with E-state index in [1.54, 1.807) is 6.92 Å². The Bertz CT molecular complexity index is 723. The standard InChI is InChI=1S/C19H24N4O/c1-13-11-18(21-17-10-6-7-15(12-17)14(2)24)23-19(20-13)22-16-8-4-3-5-9-16/h6-7,10-12,16H,3-5,8-9H2,1-2H3,(H2,20,21,22,23). The van der Waals surface area contributed by atoms with Gasteiger partial charge >= 0.3 is 0 Å². The van der Waals surface area contributed by atoms with Crippen molar-refractivity contribution in [3.8, 4) is 0 Å². The molecular weight excluding hydrogens is 300 g/mol. The van der Waals surface area contributed by atoms with Crippen LogP contribution in [0.4, 0.5) is 17.5 Å². The minimum absolute atomic E-state index is 0.0529. The number of carbonyl (C=O) groups is 1. The summed E-state index contributed by atoms with van der Waals surface area (Å²) in [4.78, 5) is 20.6. The van der Waals surface area contributed by atoms with Crippen molar-refractivity contribution in [1.82, 2.24) is 9.97 Å². The summed E-state index contributed by atoms with van der Waals surface area (Å²) in [5.74, 6) is 1.46. The van der Waals surface area contributed by atoms with Crippen molar-refractivity contribution >= 4 is 23.2 Å². The van der Waals surface area contributed by atoms with Gasteiger partial charge in [-0.2, -0.15) is 4.98 Å². The lowest BCUT2D eigenvalue weighted by molar-refractivity contribution is 0.101. The Hall–Kier alpha value is -2.43. The van der Waals surface area contributed by atoms with Gasteiger partial charge in [0.05, 0.1) is 0 Å². The van der Waals surface area contributed by atoms with Gasteiger partial charge in [-0.05, 0) is 38.8 Å². The van der Waals surface area contributed by atoms with Gasteiger partial charge in [-0.3, -0.25) is 4.79 Å². The molecule has 0 saturated heterocycles. The molecule has 126 valence electrons. The lowest BCUT2D eigenvalue weighted by Gasteiger charge is -2.23. The zero-order valence-corrected chi connectivity index (χ0v) is 14.3. The molecule has 0 atom stereocenters. The van der Waals surface area contributed by atoms with Gasteiger partial charge in [0.15, 0.2) is 5.78 Å². The summed E-state index contributed by atoms with van der Waals surface area (Å²) in [6, 6.07) is 9.83. The number of aryl methyl sites for hydroxylation is 1. The van der Waals surface area contributed by atoms with Gasteiger partial charge in [0.1, 0.15) is 5.82 Å². The molecule has 1 fully saturated rings. The molecule has 1 aliphatic carbocycles. The molecule has 1 aromatic carbocycles. The fourth-order valence-corrected chi connectivity index (χ4v) is 3.09. The van der Waals surface area contributed by atoms with Gasteiger partial charge in [-0.25, -0.2) is 4.98 Å². The third kappa shape index (κ3) is 4.31. The largest absolute Gasteiger partial charge is 0.351 e. The highest BCUT2D eigenvalue weighted by molar-refractivity contribution is 5.95. The number of hydrogen-bond acceptors (Lipinski definition) is 5. The number of nitrogens with zero attached hydrogens (tertiary/aromatic N) is 2. The van der Waals surface area contributed by atoms with Crippen molar-refractivity contribution < 1.29 is 4.79 Å². The zero-order chi connectivity index (χ0) is 16.9. The zero-order valence-electron chi connectivity index (χ0n) is 14.3. The summed E-state index contributed by atoms with van der Waals surface area (Å²) in [6.07, 6.45) is 6.23. The number of ketones is 1. The number of aromatic nitrogens is 2. The summed E-state index contributed by atoms with van der Waals surface area (Å²) >= 11 is 0. The van der Waals surface area contributed by atoms with Crippen LogP contribution >= 0.6 is 0 Å². The van der Waals surface area contributed by atoms with E-state index >= 15 is 0 Å². The average molecular weight is 324 g/mol. The van der Waals surface area contributed by atoms with E-state index < -0.39 is 0 Å². The summed E-state index contributed by atoms with van der Waals surface area (Å²) in [5, 5.41) is 6.74. The molecule has 0 bridgehead atoms. The molecule has 0 aliphatic heterocycles. The molecule has 1 aliphatic rings. The normalized spacial score (nSPS) is 15.1. The number of hydrogen-bond donors (Lipinski definition) is 2. The summed E-state index contributed by atoms with van der Waals surface area (Å²) < 4.78 is 0. The maximum Gasteiger partial charge on any atom is 0.225 e. The second-order valence-corrected chi connectivity index (χ2v) is 6.46. The fourth-order valence-electron chi connectivity index (χ4n) is 3.09. The van der Waals surface area contributed by atoms with Crippen LogP contribution in [0.3, 0.4) is 0 Å². The molecule has 1 saturated carbocycles. The predicted molar refractivity (Wildman–Crippen MR) is 97.0 cm³/mol. The number of benzene rings is 1. The minimum atomic E-state index is 0.0529. The average Bonchev–Trinajstić information content (AvgIpc) is 2.55. The van der Waals surface area contributed by atoms with Crippen LogP contribution in [0.25, 0.3) is 0 Å². The van der Waals surface area contributed by atoms with Gasteiger partial charge in [0.25, 0.3) is 0 Å². The van der Waals surface area contributed by atoms with Crippen LogP contribution in [0.5, 0.6) is 0 Å². The first-order valence-corrected chi connectivity index (χ1v) is 8.60. The lowest BCUT2D eigenvalue weighted by Crippen LogP contribution is -2.23. The van der Waals surface area contributed by atoms with Gasteiger partial charge in [-0.1, -0.05) is 31.4 Å². The van der Waals surface area contributed by atoms with E-state index in [-0.39, 0.29) is 5.78 Å². The van der Waals surface area contributed by atoms with Crippen LogP contribution in [0, 0.1) is 6.92 Å². The van der Waals surface area contributed by atoms with E-state index in [0.717, 1.165) is 17.2 Å². The molecule has 0 amide bonds. The van der Waals surface area contributed by atoms with Gasteiger partial charge in [0.2, 0.25) is 5.95 Å². The summed E-state index contributed by atoms with van der Waals surface area (Å²) in [5.41, 5.74) is 2.45. The molecule has 5 heteroatoms. The highest BCUT2D eigenvalue weighted by atomic mass is 16.1. The quantitative estimate of drug-likeness (QED) is 0.794. The lowest BCUT2D eigenvalue weighted by atomic mass is 9.96. The Kier molecular flexibility index (Phi) is 5.08. The van der Waals surface area contributed by atoms with Crippen molar-refractivity contribution in [3.63, 3.8) is 0 Å². The van der Waals surface area contributed by atoms with E-state index in [9.17, 15) is 4.79 Å². The van der Waals surface area contributed by atoms with E-state index in [1.807, 2.05) is 37.3 Å². The van der Waals surface area contributed by atoms with E-state index in [1.165, 1.54) is 32.1 Å². The summed E-state index contributed by atoms with van der Waals surface area (Å²) in [6.45, 7) is 3.53. The third-order valence-corrected chi connectivity index (χ3v) is 4.33. The maximum absolute atomic E-state index is 11.5. The molecule has 1 aromatic heterocycles. The highest BCUT2D eigenvalue weighted by Gasteiger charge is 2.14. The minimum Gasteiger partial charge on any atom is -0.351 e. The number of anilines is 3. The first-order valence-electron chi connectivity index (χ1n) is 8.60. The van der Waals surface area contributed by atoms with Crippen LogP contribution in [0.15, 0.2) is 30.3 Å². The molecule has 0 spiro atoms. The molecular formula is C19H24N4O. The fraction of sp³-hybridized carbons (Fsp3) is 0.421. The number of rotatable bonds is 5. The van der Waals surface area contributed by atoms with Crippen molar-refractivity contribution in [2.75, 3.05) is 10.6 Å². The van der Waals surface area contributed by atoms with E-state index in [0.29, 0.717) is 17.6 Å². The van der Waals surface area contributed by atoms with E-state index in [4.69, 9.17) is 0 Å². The van der Waals surface area contributed by atoms with Crippen LogP contribution < -0.4 is 10.6 Å². The molecule has 24 heavy (non-hydrogen) atoms. The first kappa shape index (κ1) is 16.4. The molecule has 3 rings (SSSR count). The van der Waals surface area contributed by atoms with Gasteiger partial charge < -0.3 is 10.6 Å². The number of Topliss-reactive ketones (excluding diaryl/α,β-unsaturated/α-hetero) is 1. The highest BCUT2D eigenvalue weighted by Crippen LogP contribution is 2.22. The maximum atomic E-state index is 11.5. The van der Waals surface area contributed by atoms with Crippen LogP contribution in [-0.2, 0) is 0 Å². The second-order valence-electron chi connectivity index (χ2n) is 6.46. The van der Waals surface area contributed by atoms with Crippen LogP contribution in [0.2, 0.25) is 0 Å². The number of carbonyl (C=O) groups excluding carboxylic acids is 1. The molecule has 2 N–H and O–H groups in total. The van der Waals surface area contributed by atoms with Crippen molar-refractivity contribution in [2.45, 2.75) is 52.0 Å². The molecule has 1 heterocycles. The first-order chi connectivity index (χ1) is 11.6. The molecule has 0 radical (unpaired) electrons. The third-order valence-electron chi connectivity index (χ3n) is 4.33. The second kappa shape index (κ2) is 7.43. The Labute approximate surface area is 142 Å². The SMILES string of the molecule is CC(=O)c1cccc(Nc2cc(C)nc(NC3CCCCC3)n2)c1. The Morgan fingerprint density at radius 1 is 1.12 bits per heavy atom. The molecule has 0 unspecified atom stereocenters. The van der Waals surface area contributed by atoms with E-state index in [2.05, 4.69) is 20.6 Å². The monoisotopic (exact) mass is 324 g/mol. The Morgan fingerprint density at radius 2 is 1.92 bits per heavy atom. The Balaban J connectivity index is 1.75. The molecule has 5 nitrogen and oxygen atoms in total. The van der Waals surface area contributed by atoms with Gasteiger partial charge in [-0.15, -0.1) is 0 Å². The van der Waals surface area contributed by atoms with Crippen molar-refractivity contribution in [1.29, 1.82) is 0 Å². The smallest absolute Gasteiger partial charge is 0.225 e. The van der Waals surface area contributed by atoms with Crippen molar-refractivity contribution in [3.05, 3.63) is 41.6 Å². The van der Waals surface area contributed by atoms with Crippen LogP contribution in [-0.4, -0.2) is 21.8 Å².